The van der Waals surface area contributed by atoms with Crippen LogP contribution >= 0.6 is 11.6 Å². The molecule has 0 atom stereocenters. The normalized spacial score (nSPS) is 10.2. The van der Waals surface area contributed by atoms with Crippen LogP contribution in [0, 0.1) is 0 Å². The summed E-state index contributed by atoms with van der Waals surface area (Å²) in [6.45, 7) is 0.533. The molecule has 0 aliphatic heterocycles. The van der Waals surface area contributed by atoms with E-state index >= 15 is 0 Å². The minimum Gasteiger partial charge on any atom is -0.382 e. The van der Waals surface area contributed by atoms with E-state index in [9.17, 15) is 4.79 Å². The highest BCUT2D eigenvalue weighted by Crippen LogP contribution is 2.16. The zero-order valence-electron chi connectivity index (χ0n) is 10.1. The average molecular weight is 277 g/mol. The van der Waals surface area contributed by atoms with E-state index in [1.165, 1.54) is 12.3 Å². The van der Waals surface area contributed by atoms with Crippen molar-refractivity contribution in [2.75, 3.05) is 12.3 Å². The van der Waals surface area contributed by atoms with Crippen molar-refractivity contribution in [3.63, 3.8) is 0 Å². The third-order valence-electron chi connectivity index (χ3n) is 2.58. The van der Waals surface area contributed by atoms with E-state index in [4.69, 9.17) is 17.3 Å². The van der Waals surface area contributed by atoms with Crippen LogP contribution in [-0.2, 0) is 6.42 Å². The molecule has 2 aromatic rings. The number of halogens is 1. The third kappa shape index (κ3) is 3.66. The van der Waals surface area contributed by atoms with E-state index in [0.717, 1.165) is 12.0 Å². The summed E-state index contributed by atoms with van der Waals surface area (Å²) in [5.41, 5.74) is 7.00. The third-order valence-corrected chi connectivity index (χ3v) is 2.88. The van der Waals surface area contributed by atoms with Gasteiger partial charge in [-0.1, -0.05) is 11.6 Å². The fourth-order valence-electron chi connectivity index (χ4n) is 1.54. The van der Waals surface area contributed by atoms with Crippen LogP contribution in [0.1, 0.15) is 15.9 Å². The summed E-state index contributed by atoms with van der Waals surface area (Å²) in [4.78, 5) is 19.6. The van der Waals surface area contributed by atoms with Gasteiger partial charge in [0.15, 0.2) is 0 Å². The summed E-state index contributed by atoms with van der Waals surface area (Å²) in [5.74, 6) is -0.00143. The lowest BCUT2D eigenvalue weighted by atomic mass is 10.2. The van der Waals surface area contributed by atoms with Crippen LogP contribution in [0.5, 0.6) is 0 Å². The summed E-state index contributed by atoms with van der Waals surface area (Å²) >= 11 is 5.81. The predicted molar refractivity (Wildman–Crippen MR) is 73.9 cm³/mol. The number of rotatable bonds is 4. The molecule has 0 radical (unpaired) electrons. The first-order chi connectivity index (χ1) is 9.16. The Kier molecular flexibility index (Phi) is 4.30. The number of hydrogen-bond donors (Lipinski definition) is 2. The predicted octanol–water partition coefficient (Wildman–Crippen LogP) is 1.68. The van der Waals surface area contributed by atoms with Crippen molar-refractivity contribution in [3.8, 4) is 0 Å². The van der Waals surface area contributed by atoms with Crippen LogP contribution in [0.15, 0.2) is 36.8 Å². The number of pyridine rings is 2. The number of carbonyl (C=O) groups excluding carboxylic acids is 1. The monoisotopic (exact) mass is 276 g/mol. The molecule has 2 heterocycles. The average Bonchev–Trinajstić information content (AvgIpc) is 2.43. The second-order valence-electron chi connectivity index (χ2n) is 3.95. The summed E-state index contributed by atoms with van der Waals surface area (Å²) in [5, 5.41) is 3.07. The quantitative estimate of drug-likeness (QED) is 0.890. The lowest BCUT2D eigenvalue weighted by molar-refractivity contribution is 0.0954. The van der Waals surface area contributed by atoms with Crippen LogP contribution in [-0.4, -0.2) is 22.4 Å². The number of nitrogens with zero attached hydrogens (tertiary/aromatic N) is 2. The molecular formula is C13H13ClN4O. The van der Waals surface area contributed by atoms with Crippen LogP contribution in [0.4, 0.5) is 5.82 Å². The Morgan fingerprint density at radius 3 is 2.79 bits per heavy atom. The zero-order valence-corrected chi connectivity index (χ0v) is 10.9. The van der Waals surface area contributed by atoms with Crippen LogP contribution in [0.25, 0.3) is 0 Å². The summed E-state index contributed by atoms with van der Waals surface area (Å²) in [6.07, 6.45) is 5.59. The molecule has 2 rings (SSSR count). The molecule has 19 heavy (non-hydrogen) atoms. The number of hydrogen-bond acceptors (Lipinski definition) is 4. The first kappa shape index (κ1) is 13.3. The highest BCUT2D eigenvalue weighted by molar-refractivity contribution is 6.33. The second kappa shape index (κ2) is 6.15. The van der Waals surface area contributed by atoms with Crippen LogP contribution < -0.4 is 11.1 Å². The Bertz CT molecular complexity index is 574. The van der Waals surface area contributed by atoms with Crippen molar-refractivity contribution in [3.05, 3.63) is 52.9 Å². The number of carbonyl (C=O) groups is 1. The second-order valence-corrected chi connectivity index (χ2v) is 4.36. The van der Waals surface area contributed by atoms with E-state index in [0.29, 0.717) is 12.1 Å². The maximum absolute atomic E-state index is 11.8. The summed E-state index contributed by atoms with van der Waals surface area (Å²) < 4.78 is 0. The number of aromatic nitrogens is 2. The molecule has 0 bridgehead atoms. The summed E-state index contributed by atoms with van der Waals surface area (Å²) in [6, 6.07) is 5.33. The standard InChI is InChI=1S/C13H13ClN4O/c14-11-7-10(8-18-12(11)15)13(19)17-6-3-9-1-4-16-5-2-9/h1-2,4-5,7-8H,3,6H2,(H2,15,18)(H,17,19). The molecule has 0 spiro atoms. The Morgan fingerprint density at radius 2 is 2.11 bits per heavy atom. The topological polar surface area (TPSA) is 80.9 Å². The number of amides is 1. The lowest BCUT2D eigenvalue weighted by Crippen LogP contribution is -2.25. The molecule has 98 valence electrons. The van der Waals surface area contributed by atoms with Gasteiger partial charge in [-0.3, -0.25) is 9.78 Å². The Balaban J connectivity index is 1.89. The van der Waals surface area contributed by atoms with E-state index in [2.05, 4.69) is 15.3 Å². The minimum atomic E-state index is -0.219. The lowest BCUT2D eigenvalue weighted by Gasteiger charge is -2.06. The van der Waals surface area contributed by atoms with E-state index in [1.54, 1.807) is 12.4 Å². The zero-order chi connectivity index (χ0) is 13.7. The maximum atomic E-state index is 11.8. The van der Waals surface area contributed by atoms with Gasteiger partial charge in [0.1, 0.15) is 5.82 Å². The first-order valence-electron chi connectivity index (χ1n) is 5.75. The van der Waals surface area contributed by atoms with Crippen molar-refractivity contribution in [1.82, 2.24) is 15.3 Å². The molecule has 0 aromatic carbocycles. The van der Waals surface area contributed by atoms with Gasteiger partial charge in [-0.25, -0.2) is 4.98 Å². The minimum absolute atomic E-state index is 0.218. The van der Waals surface area contributed by atoms with Gasteiger partial charge in [0, 0.05) is 25.1 Å². The SMILES string of the molecule is Nc1ncc(C(=O)NCCc2ccncc2)cc1Cl. The molecule has 1 amide bonds. The molecule has 0 aliphatic rings. The van der Waals surface area contributed by atoms with Gasteiger partial charge in [-0.2, -0.15) is 0 Å². The molecule has 0 saturated heterocycles. The maximum Gasteiger partial charge on any atom is 0.252 e. The smallest absolute Gasteiger partial charge is 0.252 e. The fraction of sp³-hybridized carbons (Fsp3) is 0.154. The largest absolute Gasteiger partial charge is 0.382 e. The van der Waals surface area contributed by atoms with Gasteiger partial charge in [0.05, 0.1) is 10.6 Å². The van der Waals surface area contributed by atoms with Gasteiger partial charge in [0.2, 0.25) is 0 Å². The van der Waals surface area contributed by atoms with Gasteiger partial charge in [-0.15, -0.1) is 0 Å². The first-order valence-corrected chi connectivity index (χ1v) is 6.13. The van der Waals surface area contributed by atoms with E-state index in [1.807, 2.05) is 12.1 Å². The van der Waals surface area contributed by atoms with Gasteiger partial charge in [0.25, 0.3) is 5.91 Å². The Morgan fingerprint density at radius 1 is 1.37 bits per heavy atom. The molecule has 3 N–H and O–H groups in total. The molecule has 2 aromatic heterocycles. The molecule has 6 heteroatoms. The molecule has 0 unspecified atom stereocenters. The van der Waals surface area contributed by atoms with E-state index < -0.39 is 0 Å². The number of nitrogens with one attached hydrogen (secondary N) is 1. The molecule has 5 nitrogen and oxygen atoms in total. The number of anilines is 1. The van der Waals surface area contributed by atoms with Gasteiger partial charge < -0.3 is 11.1 Å². The fourth-order valence-corrected chi connectivity index (χ4v) is 1.71. The van der Waals surface area contributed by atoms with Crippen molar-refractivity contribution < 1.29 is 4.79 Å². The van der Waals surface area contributed by atoms with Crippen LogP contribution in [0.3, 0.4) is 0 Å². The molecular weight excluding hydrogens is 264 g/mol. The van der Waals surface area contributed by atoms with Gasteiger partial charge in [-0.05, 0) is 30.2 Å². The number of nitrogens with two attached hydrogens (primary N) is 1. The van der Waals surface area contributed by atoms with Gasteiger partial charge >= 0.3 is 0 Å². The van der Waals surface area contributed by atoms with Crippen molar-refractivity contribution in [1.29, 1.82) is 0 Å². The van der Waals surface area contributed by atoms with Crippen molar-refractivity contribution >= 4 is 23.3 Å². The summed E-state index contributed by atoms with van der Waals surface area (Å²) in [7, 11) is 0. The highest BCUT2D eigenvalue weighted by Gasteiger charge is 2.07. The molecule has 0 fully saturated rings. The highest BCUT2D eigenvalue weighted by atomic mass is 35.5. The van der Waals surface area contributed by atoms with E-state index in [-0.39, 0.29) is 16.7 Å². The molecule has 0 aliphatic carbocycles. The van der Waals surface area contributed by atoms with Crippen molar-refractivity contribution in [2.24, 2.45) is 0 Å². The Hall–Kier alpha value is -2.14. The Labute approximate surface area is 115 Å². The van der Waals surface area contributed by atoms with Crippen molar-refractivity contribution in [2.45, 2.75) is 6.42 Å². The molecule has 0 saturated carbocycles. The number of nitrogen functional groups attached to an aromatic ring is 1. The van der Waals surface area contributed by atoms with Crippen LogP contribution in [0.2, 0.25) is 5.02 Å².